The summed E-state index contributed by atoms with van der Waals surface area (Å²) in [5.41, 5.74) is 2.61. The largest absolute Gasteiger partial charge is 0.448 e. The van der Waals surface area contributed by atoms with Crippen molar-refractivity contribution in [2.75, 3.05) is 31.6 Å². The predicted molar refractivity (Wildman–Crippen MR) is 65.2 cm³/mol. The minimum absolute atomic E-state index is 0.163. The first-order chi connectivity index (χ1) is 8.34. The summed E-state index contributed by atoms with van der Waals surface area (Å²) in [6.07, 6.45) is 0.836. The third kappa shape index (κ3) is 1.95. The van der Waals surface area contributed by atoms with Gasteiger partial charge < -0.3 is 15.0 Å². The third-order valence-corrected chi connectivity index (χ3v) is 3.53. The molecule has 0 bridgehead atoms. The van der Waals surface area contributed by atoms with E-state index in [0.717, 1.165) is 26.1 Å². The van der Waals surface area contributed by atoms with Crippen molar-refractivity contribution in [3.05, 3.63) is 29.8 Å². The number of para-hydroxylation sites is 1. The Balaban J connectivity index is 1.62. The van der Waals surface area contributed by atoms with E-state index in [4.69, 9.17) is 4.74 Å². The quantitative estimate of drug-likeness (QED) is 0.867. The predicted octanol–water partition coefficient (Wildman–Crippen LogP) is 2.04. The minimum Gasteiger partial charge on any atom is -0.448 e. The Labute approximate surface area is 101 Å². The Bertz CT molecular complexity index is 433. The van der Waals surface area contributed by atoms with E-state index in [0.29, 0.717) is 12.5 Å². The van der Waals surface area contributed by atoms with Gasteiger partial charge in [-0.05, 0) is 18.1 Å². The third-order valence-electron chi connectivity index (χ3n) is 3.53. The van der Waals surface area contributed by atoms with Crippen molar-refractivity contribution in [1.29, 1.82) is 0 Å². The highest BCUT2D eigenvalue weighted by Crippen LogP contribution is 2.33. The van der Waals surface area contributed by atoms with Crippen LogP contribution in [0.5, 0.6) is 0 Å². The van der Waals surface area contributed by atoms with Crippen molar-refractivity contribution >= 4 is 11.8 Å². The second kappa shape index (κ2) is 4.28. The molecule has 4 nitrogen and oxygen atoms in total. The number of benzene rings is 1. The molecule has 0 spiro atoms. The van der Waals surface area contributed by atoms with Crippen LogP contribution in [0.1, 0.15) is 17.9 Å². The first kappa shape index (κ1) is 10.4. The van der Waals surface area contributed by atoms with E-state index in [1.807, 2.05) is 6.07 Å². The summed E-state index contributed by atoms with van der Waals surface area (Å²) in [5, 5.41) is 3.40. The molecule has 1 unspecified atom stereocenters. The van der Waals surface area contributed by atoms with Gasteiger partial charge in [0, 0.05) is 24.7 Å². The summed E-state index contributed by atoms with van der Waals surface area (Å²) >= 11 is 0. The Kier molecular flexibility index (Phi) is 2.63. The molecule has 1 atom stereocenters. The van der Waals surface area contributed by atoms with Gasteiger partial charge in [0.25, 0.3) is 0 Å². The smallest absolute Gasteiger partial charge is 0.409 e. The molecule has 1 saturated heterocycles. The van der Waals surface area contributed by atoms with E-state index in [2.05, 4.69) is 23.5 Å². The zero-order valence-electron chi connectivity index (χ0n) is 9.69. The summed E-state index contributed by atoms with van der Waals surface area (Å²) in [6.45, 7) is 3.04. The molecule has 1 amide bonds. The highest BCUT2D eigenvalue weighted by atomic mass is 16.6. The minimum atomic E-state index is -0.163. The average Bonchev–Trinajstić information content (AvgIpc) is 2.93. The monoisotopic (exact) mass is 232 g/mol. The van der Waals surface area contributed by atoms with Crippen molar-refractivity contribution in [2.45, 2.75) is 12.3 Å². The number of rotatable bonds is 3. The number of anilines is 1. The van der Waals surface area contributed by atoms with Gasteiger partial charge in [0.1, 0.15) is 6.61 Å². The fraction of sp³-hybridized carbons (Fsp3) is 0.462. The second-order valence-electron chi connectivity index (χ2n) is 4.56. The van der Waals surface area contributed by atoms with E-state index in [1.54, 1.807) is 4.90 Å². The number of fused-ring (bicyclic) bond motifs is 1. The molecule has 0 aromatic heterocycles. The Hall–Kier alpha value is -1.71. The van der Waals surface area contributed by atoms with E-state index in [1.165, 1.54) is 11.3 Å². The van der Waals surface area contributed by atoms with Crippen LogP contribution in [0, 0.1) is 0 Å². The highest BCUT2D eigenvalue weighted by Gasteiger charge is 2.26. The van der Waals surface area contributed by atoms with Crippen LogP contribution in [0.2, 0.25) is 0 Å². The maximum atomic E-state index is 11.3. The summed E-state index contributed by atoms with van der Waals surface area (Å²) in [4.78, 5) is 13.1. The number of hydrogen-bond acceptors (Lipinski definition) is 3. The Morgan fingerprint density at radius 2 is 2.29 bits per heavy atom. The lowest BCUT2D eigenvalue weighted by Crippen LogP contribution is -2.26. The van der Waals surface area contributed by atoms with Gasteiger partial charge in [-0.2, -0.15) is 0 Å². The fourth-order valence-electron chi connectivity index (χ4n) is 2.56. The molecular weight excluding hydrogens is 216 g/mol. The van der Waals surface area contributed by atoms with Crippen LogP contribution in [-0.2, 0) is 4.74 Å². The van der Waals surface area contributed by atoms with Crippen molar-refractivity contribution < 1.29 is 9.53 Å². The van der Waals surface area contributed by atoms with Crippen LogP contribution in [-0.4, -0.2) is 37.2 Å². The lowest BCUT2D eigenvalue weighted by Gasteiger charge is -2.15. The second-order valence-corrected chi connectivity index (χ2v) is 4.56. The summed E-state index contributed by atoms with van der Waals surface area (Å²) in [5.74, 6) is 0.514. The molecule has 2 aliphatic rings. The van der Waals surface area contributed by atoms with Gasteiger partial charge in [0.15, 0.2) is 0 Å². The van der Waals surface area contributed by atoms with Gasteiger partial charge in [-0.3, -0.25) is 0 Å². The molecule has 0 aliphatic carbocycles. The summed E-state index contributed by atoms with van der Waals surface area (Å²) in [7, 11) is 0. The number of cyclic esters (lactones) is 1. The van der Waals surface area contributed by atoms with Crippen LogP contribution in [0.15, 0.2) is 24.3 Å². The molecule has 90 valence electrons. The molecule has 1 fully saturated rings. The normalized spacial score (nSPS) is 22.2. The molecule has 0 radical (unpaired) electrons. The number of hydrogen-bond donors (Lipinski definition) is 1. The topological polar surface area (TPSA) is 41.6 Å². The number of carbonyl (C=O) groups is 1. The zero-order chi connectivity index (χ0) is 11.7. The Morgan fingerprint density at radius 1 is 1.41 bits per heavy atom. The maximum absolute atomic E-state index is 11.3. The first-order valence-electron chi connectivity index (χ1n) is 6.09. The van der Waals surface area contributed by atoms with Crippen LogP contribution < -0.4 is 5.32 Å². The van der Waals surface area contributed by atoms with Crippen LogP contribution in [0.25, 0.3) is 0 Å². The van der Waals surface area contributed by atoms with E-state index < -0.39 is 0 Å². The number of amides is 1. The standard InChI is InChI=1S/C13H16N2O2/c16-13-15(7-8-17-13)6-5-10-9-14-12-4-2-1-3-11(10)12/h1-4,10,14H,5-9H2. The van der Waals surface area contributed by atoms with Gasteiger partial charge in [0.05, 0.1) is 6.54 Å². The Morgan fingerprint density at radius 3 is 3.12 bits per heavy atom. The molecule has 1 aromatic rings. The maximum Gasteiger partial charge on any atom is 0.409 e. The lowest BCUT2D eigenvalue weighted by molar-refractivity contribution is 0.158. The van der Waals surface area contributed by atoms with Gasteiger partial charge in [-0.1, -0.05) is 18.2 Å². The van der Waals surface area contributed by atoms with Crippen molar-refractivity contribution in [3.63, 3.8) is 0 Å². The molecule has 1 aromatic carbocycles. The van der Waals surface area contributed by atoms with E-state index in [9.17, 15) is 4.79 Å². The van der Waals surface area contributed by atoms with E-state index >= 15 is 0 Å². The van der Waals surface area contributed by atoms with Gasteiger partial charge in [0.2, 0.25) is 0 Å². The molecule has 1 N–H and O–H groups in total. The summed E-state index contributed by atoms with van der Waals surface area (Å²) < 4.78 is 4.92. The fourth-order valence-corrected chi connectivity index (χ4v) is 2.56. The van der Waals surface area contributed by atoms with Crippen LogP contribution >= 0.6 is 0 Å². The van der Waals surface area contributed by atoms with Gasteiger partial charge in [-0.15, -0.1) is 0 Å². The number of nitrogens with one attached hydrogen (secondary N) is 1. The molecule has 2 aliphatic heterocycles. The molecule has 4 heteroatoms. The van der Waals surface area contributed by atoms with Crippen LogP contribution in [0.3, 0.4) is 0 Å². The number of ether oxygens (including phenoxy) is 1. The zero-order valence-corrected chi connectivity index (χ0v) is 9.69. The molecular formula is C13H16N2O2. The van der Waals surface area contributed by atoms with E-state index in [-0.39, 0.29) is 6.09 Å². The SMILES string of the molecule is O=C1OCCN1CCC1CNc2ccccc21. The summed E-state index contributed by atoms with van der Waals surface area (Å²) in [6, 6.07) is 8.40. The van der Waals surface area contributed by atoms with Crippen molar-refractivity contribution in [3.8, 4) is 0 Å². The van der Waals surface area contributed by atoms with Crippen molar-refractivity contribution in [2.24, 2.45) is 0 Å². The average molecular weight is 232 g/mol. The lowest BCUT2D eigenvalue weighted by atomic mass is 9.98. The molecule has 17 heavy (non-hydrogen) atoms. The molecule has 3 rings (SSSR count). The van der Waals surface area contributed by atoms with Crippen molar-refractivity contribution in [1.82, 2.24) is 4.90 Å². The molecule has 2 heterocycles. The number of carbonyl (C=O) groups excluding carboxylic acids is 1. The van der Waals surface area contributed by atoms with Gasteiger partial charge in [-0.25, -0.2) is 4.79 Å². The highest BCUT2D eigenvalue weighted by molar-refractivity contribution is 5.69. The number of nitrogens with zero attached hydrogens (tertiary/aromatic N) is 1. The van der Waals surface area contributed by atoms with Crippen LogP contribution in [0.4, 0.5) is 10.5 Å². The molecule has 0 saturated carbocycles. The first-order valence-corrected chi connectivity index (χ1v) is 6.09. The van der Waals surface area contributed by atoms with Gasteiger partial charge >= 0.3 is 6.09 Å².